The Morgan fingerprint density at radius 3 is 2.59 bits per heavy atom. The summed E-state index contributed by atoms with van der Waals surface area (Å²) in [6.45, 7) is 0. The van der Waals surface area contributed by atoms with E-state index in [0.717, 1.165) is 11.3 Å². The Morgan fingerprint density at radius 2 is 1.91 bits per heavy atom. The van der Waals surface area contributed by atoms with Crippen molar-refractivity contribution >= 4 is 17.6 Å². The van der Waals surface area contributed by atoms with Gasteiger partial charge in [-0.15, -0.1) is 0 Å². The zero-order chi connectivity index (χ0) is 15.5. The Balaban J connectivity index is 2.11. The molecule has 0 bridgehead atoms. The summed E-state index contributed by atoms with van der Waals surface area (Å²) in [5.74, 6) is -0.893. The molecule has 0 unspecified atom stereocenters. The van der Waals surface area contributed by atoms with E-state index < -0.39 is 5.97 Å². The number of hydrogen-bond acceptors (Lipinski definition) is 2. The SMILES string of the molecule is O=C(O)Cc1cn(-c2ccccc2)nc1-c1cccc(Cl)c1. The van der Waals surface area contributed by atoms with Gasteiger partial charge in [-0.05, 0) is 24.3 Å². The summed E-state index contributed by atoms with van der Waals surface area (Å²) < 4.78 is 1.69. The lowest BCUT2D eigenvalue weighted by Gasteiger charge is -2.01. The predicted molar refractivity (Wildman–Crippen MR) is 85.3 cm³/mol. The van der Waals surface area contributed by atoms with Crippen LogP contribution < -0.4 is 0 Å². The van der Waals surface area contributed by atoms with E-state index in [1.54, 1.807) is 23.0 Å². The van der Waals surface area contributed by atoms with Gasteiger partial charge >= 0.3 is 5.97 Å². The third kappa shape index (κ3) is 3.02. The first-order chi connectivity index (χ1) is 10.6. The summed E-state index contributed by atoms with van der Waals surface area (Å²) in [4.78, 5) is 11.1. The third-order valence-corrected chi connectivity index (χ3v) is 3.49. The first-order valence-electron chi connectivity index (χ1n) is 6.75. The number of hydrogen-bond donors (Lipinski definition) is 1. The smallest absolute Gasteiger partial charge is 0.307 e. The van der Waals surface area contributed by atoms with Crippen LogP contribution in [0.4, 0.5) is 0 Å². The monoisotopic (exact) mass is 312 g/mol. The van der Waals surface area contributed by atoms with Crippen LogP contribution in [0, 0.1) is 0 Å². The molecule has 1 N–H and O–H groups in total. The van der Waals surface area contributed by atoms with E-state index in [1.165, 1.54) is 0 Å². The van der Waals surface area contributed by atoms with E-state index in [9.17, 15) is 4.79 Å². The van der Waals surface area contributed by atoms with Gasteiger partial charge in [0.25, 0.3) is 0 Å². The second-order valence-corrected chi connectivity index (χ2v) is 5.30. The van der Waals surface area contributed by atoms with Gasteiger partial charge in [-0.3, -0.25) is 4.79 Å². The number of nitrogens with zero attached hydrogens (tertiary/aromatic N) is 2. The molecule has 4 nitrogen and oxygen atoms in total. The molecule has 22 heavy (non-hydrogen) atoms. The van der Waals surface area contributed by atoms with Crippen LogP contribution in [0.25, 0.3) is 16.9 Å². The van der Waals surface area contributed by atoms with Gasteiger partial charge in [0.15, 0.2) is 0 Å². The van der Waals surface area contributed by atoms with E-state index in [-0.39, 0.29) is 6.42 Å². The molecule has 0 saturated carbocycles. The summed E-state index contributed by atoms with van der Waals surface area (Å²) in [5, 5.41) is 14.2. The van der Waals surface area contributed by atoms with Gasteiger partial charge in [0, 0.05) is 22.3 Å². The molecule has 0 spiro atoms. The van der Waals surface area contributed by atoms with Gasteiger partial charge in [0.05, 0.1) is 17.8 Å². The van der Waals surface area contributed by atoms with Gasteiger partial charge in [-0.1, -0.05) is 41.9 Å². The van der Waals surface area contributed by atoms with Crippen LogP contribution in [0.5, 0.6) is 0 Å². The molecule has 0 aliphatic rings. The Kier molecular flexibility index (Phi) is 3.94. The van der Waals surface area contributed by atoms with E-state index >= 15 is 0 Å². The highest BCUT2D eigenvalue weighted by atomic mass is 35.5. The summed E-state index contributed by atoms with van der Waals surface area (Å²) in [6, 6.07) is 16.8. The number of aliphatic carboxylic acids is 1. The Labute approximate surface area is 132 Å². The first-order valence-corrected chi connectivity index (χ1v) is 7.13. The van der Waals surface area contributed by atoms with Crippen LogP contribution in [-0.2, 0) is 11.2 Å². The standard InChI is InChI=1S/C17H13ClN2O2/c18-14-6-4-5-12(9-14)17-13(10-16(21)22)11-20(19-17)15-7-2-1-3-8-15/h1-9,11H,10H2,(H,21,22). The van der Waals surface area contributed by atoms with Crippen LogP contribution in [0.15, 0.2) is 60.8 Å². The lowest BCUT2D eigenvalue weighted by Crippen LogP contribution is -2.00. The maximum atomic E-state index is 11.1. The van der Waals surface area contributed by atoms with Gasteiger partial charge in [-0.2, -0.15) is 5.10 Å². The fourth-order valence-corrected chi connectivity index (χ4v) is 2.48. The summed E-state index contributed by atoms with van der Waals surface area (Å²) in [5.41, 5.74) is 2.97. The molecule has 3 rings (SSSR count). The van der Waals surface area contributed by atoms with E-state index in [2.05, 4.69) is 5.10 Å². The first kappa shape index (κ1) is 14.4. The minimum atomic E-state index is -0.893. The third-order valence-electron chi connectivity index (χ3n) is 3.25. The summed E-state index contributed by atoms with van der Waals surface area (Å²) in [7, 11) is 0. The molecule has 5 heteroatoms. The number of rotatable bonds is 4. The van der Waals surface area contributed by atoms with Crippen molar-refractivity contribution in [2.24, 2.45) is 0 Å². The molecule has 0 amide bonds. The molecule has 110 valence electrons. The van der Waals surface area contributed by atoms with Crippen LogP contribution in [-0.4, -0.2) is 20.9 Å². The molecular weight excluding hydrogens is 300 g/mol. The number of carboxylic acid groups (broad SMARTS) is 1. The van der Waals surface area contributed by atoms with Crippen molar-refractivity contribution in [1.29, 1.82) is 0 Å². The van der Waals surface area contributed by atoms with Crippen molar-refractivity contribution in [2.45, 2.75) is 6.42 Å². The molecule has 0 radical (unpaired) electrons. The Hall–Kier alpha value is -2.59. The van der Waals surface area contributed by atoms with Crippen LogP contribution >= 0.6 is 11.6 Å². The fraction of sp³-hybridized carbons (Fsp3) is 0.0588. The predicted octanol–water partition coefficient (Wildman–Crippen LogP) is 3.82. The fourth-order valence-electron chi connectivity index (χ4n) is 2.29. The molecule has 2 aromatic carbocycles. The largest absolute Gasteiger partial charge is 0.481 e. The van der Waals surface area contributed by atoms with Crippen molar-refractivity contribution in [2.75, 3.05) is 0 Å². The van der Waals surface area contributed by atoms with Crippen LogP contribution in [0.1, 0.15) is 5.56 Å². The van der Waals surface area contributed by atoms with Crippen molar-refractivity contribution in [1.82, 2.24) is 9.78 Å². The maximum Gasteiger partial charge on any atom is 0.307 e. The highest BCUT2D eigenvalue weighted by molar-refractivity contribution is 6.30. The minimum Gasteiger partial charge on any atom is -0.481 e. The minimum absolute atomic E-state index is 0.0886. The van der Waals surface area contributed by atoms with E-state index in [4.69, 9.17) is 16.7 Å². The van der Waals surface area contributed by atoms with E-state index in [1.807, 2.05) is 42.5 Å². The molecule has 0 aliphatic carbocycles. The van der Waals surface area contributed by atoms with Gasteiger partial charge in [0.2, 0.25) is 0 Å². The summed E-state index contributed by atoms with van der Waals surface area (Å²) in [6.07, 6.45) is 1.66. The van der Waals surface area contributed by atoms with E-state index in [0.29, 0.717) is 16.3 Å². The Morgan fingerprint density at radius 1 is 1.14 bits per heavy atom. The second-order valence-electron chi connectivity index (χ2n) is 4.86. The summed E-state index contributed by atoms with van der Waals surface area (Å²) >= 11 is 6.03. The number of carbonyl (C=O) groups is 1. The molecule has 0 aliphatic heterocycles. The highest BCUT2D eigenvalue weighted by Gasteiger charge is 2.15. The number of aromatic nitrogens is 2. The maximum absolute atomic E-state index is 11.1. The Bertz CT molecular complexity index is 813. The van der Waals surface area contributed by atoms with Crippen molar-refractivity contribution in [3.05, 3.63) is 71.4 Å². The zero-order valence-electron chi connectivity index (χ0n) is 11.6. The van der Waals surface area contributed by atoms with Gasteiger partial charge in [-0.25, -0.2) is 4.68 Å². The van der Waals surface area contributed by atoms with Crippen LogP contribution in [0.3, 0.4) is 0 Å². The van der Waals surface area contributed by atoms with Crippen LogP contribution in [0.2, 0.25) is 5.02 Å². The number of para-hydroxylation sites is 1. The lowest BCUT2D eigenvalue weighted by atomic mass is 10.1. The molecular formula is C17H13ClN2O2. The molecule has 0 atom stereocenters. The molecule has 0 fully saturated rings. The van der Waals surface area contributed by atoms with Crippen molar-refractivity contribution < 1.29 is 9.90 Å². The highest BCUT2D eigenvalue weighted by Crippen LogP contribution is 2.26. The van der Waals surface area contributed by atoms with Gasteiger partial charge in [0.1, 0.15) is 0 Å². The topological polar surface area (TPSA) is 55.1 Å². The number of halogens is 1. The average molecular weight is 313 g/mol. The van der Waals surface area contributed by atoms with Crippen molar-refractivity contribution in [3.63, 3.8) is 0 Å². The quantitative estimate of drug-likeness (QED) is 0.796. The molecule has 3 aromatic rings. The normalized spacial score (nSPS) is 10.6. The average Bonchev–Trinajstić information content (AvgIpc) is 2.91. The molecule has 0 saturated heterocycles. The number of carboxylic acids is 1. The molecule has 1 heterocycles. The number of benzene rings is 2. The van der Waals surface area contributed by atoms with Gasteiger partial charge < -0.3 is 5.11 Å². The molecule has 1 aromatic heterocycles. The second kappa shape index (κ2) is 6.03. The van der Waals surface area contributed by atoms with Crippen molar-refractivity contribution in [3.8, 4) is 16.9 Å². The lowest BCUT2D eigenvalue weighted by molar-refractivity contribution is -0.136. The zero-order valence-corrected chi connectivity index (χ0v) is 12.4.